The quantitative estimate of drug-likeness (QED) is 0.805. The summed E-state index contributed by atoms with van der Waals surface area (Å²) in [7, 11) is -3.55. The Morgan fingerprint density at radius 2 is 1.54 bits per heavy atom. The van der Waals surface area contributed by atoms with Crippen LogP contribution in [0.1, 0.15) is 63.5 Å². The van der Waals surface area contributed by atoms with Gasteiger partial charge in [0.15, 0.2) is 0 Å². The molecule has 0 amide bonds. The molecule has 0 spiro atoms. The predicted molar refractivity (Wildman–Crippen MR) is 113 cm³/mol. The summed E-state index contributed by atoms with van der Waals surface area (Å²) in [4.78, 5) is 5.38. The molecule has 4 nitrogen and oxygen atoms in total. The molecule has 0 saturated heterocycles. The molecule has 0 aromatic heterocycles. The van der Waals surface area contributed by atoms with E-state index in [4.69, 9.17) is 4.99 Å². The van der Waals surface area contributed by atoms with Crippen molar-refractivity contribution in [3.63, 3.8) is 0 Å². The zero-order chi connectivity index (χ0) is 19.7. The van der Waals surface area contributed by atoms with Crippen LogP contribution in [0, 0.1) is 30.1 Å². The normalized spacial score (nSPS) is 38.1. The number of amidine groups is 1. The lowest BCUT2D eigenvalue weighted by molar-refractivity contribution is -0.0633. The number of nitrogens with one attached hydrogen (secondary N) is 1. The van der Waals surface area contributed by atoms with E-state index in [9.17, 15) is 8.42 Å². The van der Waals surface area contributed by atoms with E-state index in [2.05, 4.69) is 11.6 Å². The van der Waals surface area contributed by atoms with Crippen molar-refractivity contribution in [1.82, 2.24) is 4.72 Å². The summed E-state index contributed by atoms with van der Waals surface area (Å²) in [6, 6.07) is 7.85. The van der Waals surface area contributed by atoms with Crippen LogP contribution in [0.15, 0.2) is 34.8 Å². The van der Waals surface area contributed by atoms with Crippen molar-refractivity contribution in [2.24, 2.45) is 28.2 Å². The molecule has 28 heavy (non-hydrogen) atoms. The molecule has 150 valence electrons. The fourth-order valence-corrected chi connectivity index (χ4v) is 8.29. The molecule has 4 fully saturated rings. The minimum atomic E-state index is -3.55. The second-order valence-corrected chi connectivity index (χ2v) is 11.5. The molecule has 6 rings (SSSR count). The maximum atomic E-state index is 12.8. The van der Waals surface area contributed by atoms with Gasteiger partial charge in [-0.3, -0.25) is 9.71 Å². The van der Waals surface area contributed by atoms with Crippen molar-refractivity contribution in [2.75, 3.05) is 0 Å². The Morgan fingerprint density at radius 3 is 2.07 bits per heavy atom. The van der Waals surface area contributed by atoms with Crippen LogP contribution in [0.5, 0.6) is 0 Å². The first-order valence-corrected chi connectivity index (χ1v) is 12.1. The third kappa shape index (κ3) is 2.85. The summed E-state index contributed by atoms with van der Waals surface area (Å²) in [5.74, 6) is 3.16. The summed E-state index contributed by atoms with van der Waals surface area (Å²) >= 11 is 0. The van der Waals surface area contributed by atoms with Crippen molar-refractivity contribution in [3.8, 4) is 0 Å². The van der Waals surface area contributed by atoms with E-state index in [0.717, 1.165) is 34.5 Å². The highest BCUT2D eigenvalue weighted by atomic mass is 32.2. The van der Waals surface area contributed by atoms with E-state index in [1.807, 2.05) is 38.1 Å². The van der Waals surface area contributed by atoms with Gasteiger partial charge in [-0.15, -0.1) is 0 Å². The van der Waals surface area contributed by atoms with Crippen LogP contribution in [0.25, 0.3) is 4.91 Å². The molecular formula is C23H30N2O2S. The van der Waals surface area contributed by atoms with Gasteiger partial charge in [-0.05, 0) is 88.0 Å². The summed E-state index contributed by atoms with van der Waals surface area (Å²) in [5, 5.41) is 0. The first-order valence-electron chi connectivity index (χ1n) is 10.6. The topological polar surface area (TPSA) is 58.5 Å². The Bertz CT molecular complexity index is 937. The molecule has 1 aromatic rings. The maximum Gasteiger partial charge on any atom is 0.264 e. The van der Waals surface area contributed by atoms with Crippen molar-refractivity contribution < 1.29 is 8.42 Å². The second kappa shape index (κ2) is 6.19. The summed E-state index contributed by atoms with van der Waals surface area (Å²) in [6.45, 7) is 6.11. The van der Waals surface area contributed by atoms with Crippen LogP contribution in [0.4, 0.5) is 0 Å². The third-order valence-corrected chi connectivity index (χ3v) is 9.35. The van der Waals surface area contributed by atoms with E-state index in [1.165, 1.54) is 38.5 Å². The van der Waals surface area contributed by atoms with Crippen LogP contribution < -0.4 is 4.72 Å². The largest absolute Gasteiger partial charge is 0.264 e. The van der Waals surface area contributed by atoms with Gasteiger partial charge >= 0.3 is 0 Å². The minimum Gasteiger partial charge on any atom is -0.264 e. The van der Waals surface area contributed by atoms with Gasteiger partial charge in [0, 0.05) is 5.57 Å². The molecular weight excluding hydrogens is 368 g/mol. The van der Waals surface area contributed by atoms with Crippen molar-refractivity contribution >= 4 is 20.8 Å². The van der Waals surface area contributed by atoms with Gasteiger partial charge in [0.25, 0.3) is 10.0 Å². The molecule has 0 unspecified atom stereocenters. The average molecular weight is 399 g/mol. The predicted octanol–water partition coefficient (Wildman–Crippen LogP) is 4.66. The van der Waals surface area contributed by atoms with Crippen molar-refractivity contribution in [2.45, 2.75) is 65.3 Å². The first kappa shape index (κ1) is 18.4. The average Bonchev–Trinajstić information content (AvgIpc) is 2.83. The molecule has 0 radical (unpaired) electrons. The molecule has 4 saturated carbocycles. The van der Waals surface area contributed by atoms with Crippen LogP contribution in [-0.2, 0) is 10.0 Å². The Morgan fingerprint density at radius 1 is 1.00 bits per heavy atom. The Kier molecular flexibility index (Phi) is 4.07. The highest BCUT2D eigenvalue weighted by Crippen LogP contribution is 2.61. The van der Waals surface area contributed by atoms with E-state index >= 15 is 0 Å². The molecule has 5 heteroatoms. The smallest absolute Gasteiger partial charge is 0.264 e. The molecule has 4 bridgehead atoms. The standard InChI is InChI=1S/C23H30N2O2S/c1-14-4-6-20(7-5-14)21-15(2)22(25-28(21,26)27)24-16(3)23-11-17-8-18(12-23)10-19(9-17)13-23/h4-7,16-19H,8-13H2,1-3H3,(H,24,25)/t16-,17?,18?,19?,23?/m1/s1. The lowest BCUT2D eigenvalue weighted by Gasteiger charge is -2.58. The lowest BCUT2D eigenvalue weighted by atomic mass is 9.48. The van der Waals surface area contributed by atoms with Gasteiger partial charge in [0.1, 0.15) is 10.7 Å². The molecule has 5 aliphatic rings. The summed E-state index contributed by atoms with van der Waals surface area (Å²) < 4.78 is 28.4. The summed E-state index contributed by atoms with van der Waals surface area (Å²) in [5.41, 5.74) is 2.89. The molecule has 1 aromatic carbocycles. The lowest BCUT2D eigenvalue weighted by Crippen LogP contribution is -2.50. The second-order valence-electron chi connectivity index (χ2n) is 9.86. The number of nitrogens with zero attached hydrogens (tertiary/aromatic N) is 1. The molecule has 1 N–H and O–H groups in total. The zero-order valence-electron chi connectivity index (χ0n) is 17.0. The number of aliphatic imine (C=N–C) groups is 1. The first-order chi connectivity index (χ1) is 13.3. The number of benzene rings is 1. The fraction of sp³-hybridized carbons (Fsp3) is 0.609. The van der Waals surface area contributed by atoms with Crippen LogP contribution >= 0.6 is 0 Å². The molecule has 4 aliphatic carbocycles. The Hall–Kier alpha value is -1.62. The summed E-state index contributed by atoms with van der Waals surface area (Å²) in [6.07, 6.45) is 8.05. The highest BCUT2D eigenvalue weighted by Gasteiger charge is 2.53. The van der Waals surface area contributed by atoms with E-state index in [-0.39, 0.29) is 11.5 Å². The third-order valence-electron chi connectivity index (χ3n) is 7.80. The number of hydrogen-bond acceptors (Lipinski definition) is 3. The molecule has 1 aliphatic heterocycles. The van der Waals surface area contributed by atoms with Crippen molar-refractivity contribution in [1.29, 1.82) is 0 Å². The number of aryl methyl sites for hydroxylation is 1. The zero-order valence-corrected chi connectivity index (χ0v) is 17.8. The van der Waals surface area contributed by atoms with Gasteiger partial charge < -0.3 is 0 Å². The Labute approximate surface area is 168 Å². The van der Waals surface area contributed by atoms with E-state index in [1.54, 1.807) is 0 Å². The molecule has 1 heterocycles. The maximum absolute atomic E-state index is 12.8. The molecule has 1 atom stereocenters. The van der Waals surface area contributed by atoms with Crippen LogP contribution in [0.3, 0.4) is 0 Å². The van der Waals surface area contributed by atoms with Crippen molar-refractivity contribution in [3.05, 3.63) is 41.0 Å². The van der Waals surface area contributed by atoms with Crippen LogP contribution in [0.2, 0.25) is 0 Å². The number of rotatable bonds is 3. The fourth-order valence-electron chi connectivity index (χ4n) is 6.78. The van der Waals surface area contributed by atoms with Gasteiger partial charge in [-0.25, -0.2) is 8.42 Å². The van der Waals surface area contributed by atoms with E-state index in [0.29, 0.717) is 10.7 Å². The van der Waals surface area contributed by atoms with Gasteiger partial charge in [0.05, 0.1) is 6.04 Å². The van der Waals surface area contributed by atoms with Crippen LogP contribution in [-0.4, -0.2) is 20.3 Å². The number of hydrogen-bond donors (Lipinski definition) is 1. The van der Waals surface area contributed by atoms with Gasteiger partial charge in [-0.2, -0.15) is 0 Å². The Balaban J connectivity index is 1.49. The monoisotopic (exact) mass is 398 g/mol. The van der Waals surface area contributed by atoms with E-state index < -0.39 is 10.0 Å². The highest BCUT2D eigenvalue weighted by molar-refractivity contribution is 8.00. The van der Waals surface area contributed by atoms with Gasteiger partial charge in [-0.1, -0.05) is 29.8 Å². The minimum absolute atomic E-state index is 0.158. The van der Waals surface area contributed by atoms with Gasteiger partial charge in [0.2, 0.25) is 0 Å². The SMILES string of the molecule is CC1=C(c2ccc(C)cc2)S(=O)(=O)NC1=N[C@H](C)C12CC3CC(CC(C3)C1)C2. The number of sulfonamides is 1.